The van der Waals surface area contributed by atoms with Crippen LogP contribution in [-0.2, 0) is 4.74 Å². The summed E-state index contributed by atoms with van der Waals surface area (Å²) in [5.41, 5.74) is -0.160. The molecule has 0 radical (unpaired) electrons. The van der Waals surface area contributed by atoms with Crippen molar-refractivity contribution in [1.29, 1.82) is 5.26 Å². The Labute approximate surface area is 80.9 Å². The van der Waals surface area contributed by atoms with Gasteiger partial charge in [0.2, 0.25) is 0 Å². The van der Waals surface area contributed by atoms with E-state index < -0.39 is 0 Å². The van der Waals surface area contributed by atoms with Crippen LogP contribution in [0, 0.1) is 16.7 Å². The van der Waals surface area contributed by atoms with E-state index in [9.17, 15) is 0 Å². The van der Waals surface area contributed by atoms with E-state index in [2.05, 4.69) is 6.07 Å². The molecule has 13 heavy (non-hydrogen) atoms. The van der Waals surface area contributed by atoms with E-state index in [0.29, 0.717) is 6.61 Å². The van der Waals surface area contributed by atoms with Gasteiger partial charge in [-0.2, -0.15) is 5.26 Å². The van der Waals surface area contributed by atoms with Gasteiger partial charge < -0.3 is 4.74 Å². The van der Waals surface area contributed by atoms with Gasteiger partial charge in [0.05, 0.1) is 18.1 Å². The molecule has 74 valence electrons. The van der Waals surface area contributed by atoms with Crippen LogP contribution in [0.5, 0.6) is 0 Å². The number of hydrogen-bond donors (Lipinski definition) is 0. The summed E-state index contributed by atoms with van der Waals surface area (Å²) < 4.78 is 5.40. The van der Waals surface area contributed by atoms with Gasteiger partial charge in [0.25, 0.3) is 0 Å². The first-order valence-electron chi connectivity index (χ1n) is 5.32. The fourth-order valence-electron chi connectivity index (χ4n) is 1.99. The van der Waals surface area contributed by atoms with E-state index in [1.165, 1.54) is 25.7 Å². The highest BCUT2D eigenvalue weighted by molar-refractivity contribution is 4.99. The molecule has 2 heteroatoms. The Morgan fingerprint density at radius 2 is 1.85 bits per heavy atom. The molecule has 2 nitrogen and oxygen atoms in total. The first-order chi connectivity index (χ1) is 6.33. The molecule has 0 spiro atoms. The second-order valence-electron chi connectivity index (χ2n) is 3.94. The van der Waals surface area contributed by atoms with Crippen molar-refractivity contribution in [3.05, 3.63) is 0 Å². The molecule has 0 aliphatic heterocycles. The Kier molecular flexibility index (Phi) is 4.24. The number of hydrogen-bond acceptors (Lipinski definition) is 2. The van der Waals surface area contributed by atoms with Crippen molar-refractivity contribution in [3.63, 3.8) is 0 Å². The summed E-state index contributed by atoms with van der Waals surface area (Å²) in [6.45, 7) is 3.35. The zero-order chi connectivity index (χ0) is 9.57. The number of nitrogens with zero attached hydrogens (tertiary/aromatic N) is 1. The third-order valence-electron chi connectivity index (χ3n) is 2.88. The Hall–Kier alpha value is -0.550. The van der Waals surface area contributed by atoms with Crippen molar-refractivity contribution in [3.8, 4) is 6.07 Å². The smallest absolute Gasteiger partial charge is 0.0806 e. The summed E-state index contributed by atoms with van der Waals surface area (Å²) in [5.74, 6) is 0. The Morgan fingerprint density at radius 3 is 2.31 bits per heavy atom. The maximum absolute atomic E-state index is 9.16. The fourth-order valence-corrected chi connectivity index (χ4v) is 1.99. The number of ether oxygens (including phenoxy) is 1. The van der Waals surface area contributed by atoms with Gasteiger partial charge in [-0.25, -0.2) is 0 Å². The van der Waals surface area contributed by atoms with Crippen molar-refractivity contribution >= 4 is 0 Å². The second-order valence-corrected chi connectivity index (χ2v) is 3.94. The van der Waals surface area contributed by atoms with E-state index in [0.717, 1.165) is 19.4 Å². The summed E-state index contributed by atoms with van der Waals surface area (Å²) in [6.07, 6.45) is 7.03. The van der Waals surface area contributed by atoms with Crippen molar-refractivity contribution in [1.82, 2.24) is 0 Å². The van der Waals surface area contributed by atoms with Crippen molar-refractivity contribution in [2.24, 2.45) is 5.41 Å². The largest absolute Gasteiger partial charge is 0.380 e. The minimum absolute atomic E-state index is 0.160. The molecule has 1 fully saturated rings. The summed E-state index contributed by atoms with van der Waals surface area (Å²) in [5, 5.41) is 9.16. The van der Waals surface area contributed by atoms with Gasteiger partial charge in [0.15, 0.2) is 0 Å². The summed E-state index contributed by atoms with van der Waals surface area (Å²) >= 11 is 0. The van der Waals surface area contributed by atoms with Gasteiger partial charge in [-0.3, -0.25) is 0 Å². The first-order valence-corrected chi connectivity index (χ1v) is 5.32. The van der Waals surface area contributed by atoms with Crippen molar-refractivity contribution < 1.29 is 4.74 Å². The molecule has 1 rings (SSSR count). The topological polar surface area (TPSA) is 33.0 Å². The van der Waals surface area contributed by atoms with Crippen LogP contribution >= 0.6 is 0 Å². The Balaban J connectivity index is 2.50. The maximum Gasteiger partial charge on any atom is 0.0806 e. The van der Waals surface area contributed by atoms with Crippen LogP contribution in [0.4, 0.5) is 0 Å². The molecule has 0 saturated heterocycles. The van der Waals surface area contributed by atoms with E-state index >= 15 is 0 Å². The van der Waals surface area contributed by atoms with Crippen LogP contribution in [0.3, 0.4) is 0 Å². The zero-order valence-electron chi connectivity index (χ0n) is 8.51. The molecule has 0 unspecified atom stereocenters. The molecule has 0 aromatic heterocycles. The van der Waals surface area contributed by atoms with Gasteiger partial charge in [0.1, 0.15) is 0 Å². The summed E-state index contributed by atoms with van der Waals surface area (Å²) in [4.78, 5) is 0. The molecule has 1 aliphatic carbocycles. The number of rotatable bonds is 3. The Bertz CT molecular complexity index is 175. The van der Waals surface area contributed by atoms with E-state index in [-0.39, 0.29) is 5.41 Å². The van der Waals surface area contributed by atoms with E-state index in [1.54, 1.807) is 0 Å². The highest BCUT2D eigenvalue weighted by Gasteiger charge is 2.30. The normalized spacial score (nSPS) is 21.8. The summed E-state index contributed by atoms with van der Waals surface area (Å²) in [7, 11) is 0. The molecule has 0 amide bonds. The Morgan fingerprint density at radius 1 is 1.23 bits per heavy atom. The third-order valence-corrected chi connectivity index (χ3v) is 2.88. The van der Waals surface area contributed by atoms with Crippen molar-refractivity contribution in [2.75, 3.05) is 13.2 Å². The lowest BCUT2D eigenvalue weighted by Gasteiger charge is -2.23. The SMILES string of the molecule is CCOCC1(C#N)CCCCCC1. The molecule has 0 aromatic rings. The standard InChI is InChI=1S/C11H19NO/c1-2-13-10-11(9-12)7-5-3-4-6-8-11/h2-8,10H2,1H3. The lowest BCUT2D eigenvalue weighted by atomic mass is 9.83. The van der Waals surface area contributed by atoms with Crippen LogP contribution in [0.15, 0.2) is 0 Å². The molecule has 1 aliphatic rings. The number of nitriles is 1. The third kappa shape index (κ3) is 3.00. The van der Waals surface area contributed by atoms with E-state index in [1.807, 2.05) is 6.92 Å². The molecule has 0 aromatic carbocycles. The first kappa shape index (κ1) is 10.5. The predicted molar refractivity (Wildman–Crippen MR) is 52.2 cm³/mol. The van der Waals surface area contributed by atoms with Crippen LogP contribution < -0.4 is 0 Å². The molecular formula is C11H19NO. The zero-order valence-corrected chi connectivity index (χ0v) is 8.51. The van der Waals surface area contributed by atoms with Gasteiger partial charge in [-0.15, -0.1) is 0 Å². The minimum Gasteiger partial charge on any atom is -0.380 e. The lowest BCUT2D eigenvalue weighted by Crippen LogP contribution is -2.24. The van der Waals surface area contributed by atoms with Crippen LogP contribution in [0.2, 0.25) is 0 Å². The quantitative estimate of drug-likeness (QED) is 0.627. The predicted octanol–water partition coefficient (Wildman–Crippen LogP) is 2.89. The highest BCUT2D eigenvalue weighted by Crippen LogP contribution is 2.34. The highest BCUT2D eigenvalue weighted by atomic mass is 16.5. The average molecular weight is 181 g/mol. The molecule has 0 atom stereocenters. The average Bonchev–Trinajstić information content (AvgIpc) is 2.41. The van der Waals surface area contributed by atoms with Gasteiger partial charge in [-0.05, 0) is 19.8 Å². The van der Waals surface area contributed by atoms with Crippen LogP contribution in [0.1, 0.15) is 45.4 Å². The van der Waals surface area contributed by atoms with Gasteiger partial charge in [-0.1, -0.05) is 25.7 Å². The van der Waals surface area contributed by atoms with Crippen LogP contribution in [-0.4, -0.2) is 13.2 Å². The molecule has 1 saturated carbocycles. The monoisotopic (exact) mass is 181 g/mol. The lowest BCUT2D eigenvalue weighted by molar-refractivity contribution is 0.0722. The van der Waals surface area contributed by atoms with Crippen LogP contribution in [0.25, 0.3) is 0 Å². The van der Waals surface area contributed by atoms with E-state index in [4.69, 9.17) is 10.00 Å². The molecular weight excluding hydrogens is 162 g/mol. The fraction of sp³-hybridized carbons (Fsp3) is 0.909. The second kappa shape index (κ2) is 5.24. The molecule has 0 bridgehead atoms. The summed E-state index contributed by atoms with van der Waals surface area (Å²) in [6, 6.07) is 2.47. The van der Waals surface area contributed by atoms with Crippen molar-refractivity contribution in [2.45, 2.75) is 45.4 Å². The minimum atomic E-state index is -0.160. The van der Waals surface area contributed by atoms with Gasteiger partial charge in [0, 0.05) is 6.61 Å². The molecule has 0 heterocycles. The van der Waals surface area contributed by atoms with Gasteiger partial charge >= 0.3 is 0 Å². The maximum atomic E-state index is 9.16. The molecule has 0 N–H and O–H groups in total.